The van der Waals surface area contributed by atoms with E-state index in [4.69, 9.17) is 20.9 Å². The zero-order valence-corrected chi connectivity index (χ0v) is 16.2. The molecule has 2 aromatic carbocycles. The minimum Gasteiger partial charge on any atom is -0.494 e. The number of hydrogen-bond acceptors (Lipinski definition) is 5. The Balaban J connectivity index is 1.53. The second kappa shape index (κ2) is 8.02. The lowest BCUT2D eigenvalue weighted by Crippen LogP contribution is -2.27. The van der Waals surface area contributed by atoms with E-state index in [9.17, 15) is 4.79 Å². The molecule has 144 valence electrons. The topological polar surface area (TPSA) is 68.5 Å². The Hall–Kier alpha value is -2.86. The highest BCUT2D eigenvalue weighted by atomic mass is 35.5. The summed E-state index contributed by atoms with van der Waals surface area (Å²) in [5.74, 6) is 1.85. The van der Waals surface area contributed by atoms with Gasteiger partial charge in [-0.05, 0) is 55.3 Å². The molecule has 28 heavy (non-hydrogen) atoms. The highest BCUT2D eigenvalue weighted by Crippen LogP contribution is 2.34. The molecule has 0 radical (unpaired) electrons. The number of hydrogen-bond donors (Lipinski definition) is 0. The fourth-order valence-electron chi connectivity index (χ4n) is 3.33. The van der Waals surface area contributed by atoms with Gasteiger partial charge < -0.3 is 14.2 Å². The highest BCUT2D eigenvalue weighted by molar-refractivity contribution is 6.30. The first-order valence-electron chi connectivity index (χ1n) is 9.25. The normalized spacial score (nSPS) is 16.6. The third kappa shape index (κ3) is 3.87. The van der Waals surface area contributed by atoms with Gasteiger partial charge in [-0.3, -0.25) is 4.79 Å². The van der Waals surface area contributed by atoms with Crippen LogP contribution >= 0.6 is 11.6 Å². The SMILES string of the molecule is CCOc1ccc(-c2noc(C3CCC(=O)N3Cc3ccc(Cl)cc3)n2)cc1. The fourth-order valence-corrected chi connectivity index (χ4v) is 3.46. The number of nitrogens with zero attached hydrogens (tertiary/aromatic N) is 3. The Morgan fingerprint density at radius 3 is 2.64 bits per heavy atom. The number of likely N-dealkylation sites (tertiary alicyclic amines) is 1. The molecule has 0 saturated carbocycles. The molecular formula is C21H20ClN3O3. The van der Waals surface area contributed by atoms with Crippen molar-refractivity contribution >= 4 is 17.5 Å². The van der Waals surface area contributed by atoms with Gasteiger partial charge in [0.15, 0.2) is 0 Å². The van der Waals surface area contributed by atoms with Crippen molar-refractivity contribution in [2.75, 3.05) is 6.61 Å². The standard InChI is InChI=1S/C21H20ClN3O3/c1-2-27-17-9-5-15(6-10-17)20-23-21(28-24-20)18-11-12-19(26)25(18)13-14-3-7-16(22)8-4-14/h3-10,18H,2,11-13H2,1H3. The first kappa shape index (κ1) is 18.5. The summed E-state index contributed by atoms with van der Waals surface area (Å²) in [5, 5.41) is 4.77. The molecule has 1 aliphatic rings. The third-order valence-corrected chi connectivity index (χ3v) is 5.00. The van der Waals surface area contributed by atoms with Gasteiger partial charge in [0.25, 0.3) is 0 Å². The maximum Gasteiger partial charge on any atom is 0.249 e. The maximum absolute atomic E-state index is 12.4. The van der Waals surface area contributed by atoms with Crippen molar-refractivity contribution in [3.63, 3.8) is 0 Å². The molecule has 2 heterocycles. The lowest BCUT2D eigenvalue weighted by Gasteiger charge is -2.22. The van der Waals surface area contributed by atoms with Crippen LogP contribution in [-0.2, 0) is 11.3 Å². The quantitative estimate of drug-likeness (QED) is 0.605. The Kier molecular flexibility index (Phi) is 5.30. The number of carbonyl (C=O) groups is 1. The lowest BCUT2D eigenvalue weighted by molar-refractivity contribution is -0.129. The van der Waals surface area contributed by atoms with Crippen LogP contribution in [0.1, 0.15) is 37.3 Å². The van der Waals surface area contributed by atoms with E-state index in [0.29, 0.717) is 42.7 Å². The molecule has 1 fully saturated rings. The van der Waals surface area contributed by atoms with Crippen molar-refractivity contribution in [3.8, 4) is 17.1 Å². The minimum atomic E-state index is -0.216. The molecule has 1 atom stereocenters. The maximum atomic E-state index is 12.4. The first-order valence-corrected chi connectivity index (χ1v) is 9.62. The summed E-state index contributed by atoms with van der Waals surface area (Å²) in [5.41, 5.74) is 1.85. The number of amides is 1. The Bertz CT molecular complexity index is 954. The van der Waals surface area contributed by atoms with Gasteiger partial charge in [-0.1, -0.05) is 28.9 Å². The van der Waals surface area contributed by atoms with E-state index in [1.807, 2.05) is 55.5 Å². The van der Waals surface area contributed by atoms with Gasteiger partial charge in [0.1, 0.15) is 11.8 Å². The van der Waals surface area contributed by atoms with Crippen LogP contribution in [0.4, 0.5) is 0 Å². The van der Waals surface area contributed by atoms with Gasteiger partial charge in [-0.2, -0.15) is 4.98 Å². The number of ether oxygens (including phenoxy) is 1. The van der Waals surface area contributed by atoms with Crippen LogP contribution in [0.25, 0.3) is 11.4 Å². The molecule has 0 bridgehead atoms. The van der Waals surface area contributed by atoms with E-state index in [2.05, 4.69) is 10.1 Å². The van der Waals surface area contributed by atoms with E-state index in [1.54, 1.807) is 4.90 Å². The van der Waals surface area contributed by atoms with Crippen molar-refractivity contribution < 1.29 is 14.1 Å². The predicted octanol–water partition coefficient (Wildman–Crippen LogP) is 4.65. The average molecular weight is 398 g/mol. The fraction of sp³-hybridized carbons (Fsp3) is 0.286. The summed E-state index contributed by atoms with van der Waals surface area (Å²) >= 11 is 5.95. The molecule has 0 aliphatic carbocycles. The van der Waals surface area contributed by atoms with Crippen molar-refractivity contribution in [2.45, 2.75) is 32.4 Å². The van der Waals surface area contributed by atoms with Crippen LogP contribution in [0.2, 0.25) is 5.02 Å². The van der Waals surface area contributed by atoms with Crippen molar-refractivity contribution in [3.05, 3.63) is 65.0 Å². The molecule has 1 unspecified atom stereocenters. The molecule has 1 aliphatic heterocycles. The van der Waals surface area contributed by atoms with E-state index in [1.165, 1.54) is 0 Å². The average Bonchev–Trinajstić information content (AvgIpc) is 3.32. The number of carbonyl (C=O) groups excluding carboxylic acids is 1. The Morgan fingerprint density at radius 1 is 1.18 bits per heavy atom. The number of aromatic nitrogens is 2. The van der Waals surface area contributed by atoms with Crippen LogP contribution in [0.5, 0.6) is 5.75 Å². The van der Waals surface area contributed by atoms with E-state index in [-0.39, 0.29) is 11.9 Å². The molecule has 6 nitrogen and oxygen atoms in total. The Labute approximate surface area is 168 Å². The summed E-state index contributed by atoms with van der Waals surface area (Å²) in [6, 6.07) is 14.8. The van der Waals surface area contributed by atoms with Crippen LogP contribution in [0.15, 0.2) is 53.1 Å². The number of halogens is 1. The summed E-state index contributed by atoms with van der Waals surface area (Å²) in [6.45, 7) is 3.05. The Morgan fingerprint density at radius 2 is 1.93 bits per heavy atom. The largest absolute Gasteiger partial charge is 0.494 e. The van der Waals surface area contributed by atoms with Crippen LogP contribution in [-0.4, -0.2) is 27.6 Å². The molecule has 7 heteroatoms. The third-order valence-electron chi connectivity index (χ3n) is 4.74. The van der Waals surface area contributed by atoms with E-state index in [0.717, 1.165) is 16.9 Å². The number of benzene rings is 2. The van der Waals surface area contributed by atoms with Crippen molar-refractivity contribution in [1.82, 2.24) is 15.0 Å². The molecule has 1 saturated heterocycles. The summed E-state index contributed by atoms with van der Waals surface area (Å²) < 4.78 is 11.0. The van der Waals surface area contributed by atoms with Gasteiger partial charge in [0.05, 0.1) is 6.61 Å². The molecule has 0 spiro atoms. The molecule has 0 N–H and O–H groups in total. The zero-order valence-electron chi connectivity index (χ0n) is 15.5. The lowest BCUT2D eigenvalue weighted by atomic mass is 10.1. The molecule has 3 aromatic rings. The van der Waals surface area contributed by atoms with Crippen molar-refractivity contribution in [2.24, 2.45) is 0 Å². The minimum absolute atomic E-state index is 0.0840. The smallest absolute Gasteiger partial charge is 0.249 e. The van der Waals surface area contributed by atoms with Gasteiger partial charge in [-0.25, -0.2) is 0 Å². The molecule has 1 amide bonds. The van der Waals surface area contributed by atoms with Gasteiger partial charge in [-0.15, -0.1) is 0 Å². The summed E-state index contributed by atoms with van der Waals surface area (Å²) in [7, 11) is 0. The van der Waals surface area contributed by atoms with Gasteiger partial charge >= 0.3 is 0 Å². The van der Waals surface area contributed by atoms with Gasteiger partial charge in [0, 0.05) is 23.6 Å². The van der Waals surface area contributed by atoms with E-state index < -0.39 is 0 Å². The van der Waals surface area contributed by atoms with Crippen molar-refractivity contribution in [1.29, 1.82) is 0 Å². The second-order valence-corrected chi connectivity index (χ2v) is 7.05. The van der Waals surface area contributed by atoms with Crippen LogP contribution < -0.4 is 4.74 Å². The van der Waals surface area contributed by atoms with Crippen LogP contribution in [0, 0.1) is 0 Å². The summed E-state index contributed by atoms with van der Waals surface area (Å²) in [4.78, 5) is 18.7. The predicted molar refractivity (Wildman–Crippen MR) is 105 cm³/mol. The summed E-state index contributed by atoms with van der Waals surface area (Å²) in [6.07, 6.45) is 1.14. The number of rotatable bonds is 6. The van der Waals surface area contributed by atoms with Crippen LogP contribution in [0.3, 0.4) is 0 Å². The van der Waals surface area contributed by atoms with Gasteiger partial charge in [0.2, 0.25) is 17.6 Å². The molecule has 4 rings (SSSR count). The molecular weight excluding hydrogens is 378 g/mol. The highest BCUT2D eigenvalue weighted by Gasteiger charge is 2.36. The zero-order chi connectivity index (χ0) is 19.5. The monoisotopic (exact) mass is 397 g/mol. The first-order chi connectivity index (χ1) is 13.6. The molecule has 1 aromatic heterocycles. The second-order valence-electron chi connectivity index (χ2n) is 6.62. The van der Waals surface area contributed by atoms with E-state index >= 15 is 0 Å².